The highest BCUT2D eigenvalue weighted by atomic mass is 32.1. The molecule has 0 N–H and O–H groups in total. The topological polar surface area (TPSA) is 67.8 Å². The fraction of sp³-hybridized carbons (Fsp3) is 0.333. The standard InChI is InChI=1S/C24H26N6OS/c1-14-12-29-21(16(3)26-24(29)32-14)13-28(5)22(31)11-10-18-15(2)25-23-19-8-6-7-9-20(19)27-30(23)17(18)4/h6-9,12H,10-11,13H2,1-5H3. The molecule has 5 rings (SSSR count). The molecule has 1 aromatic carbocycles. The molecule has 7 nitrogen and oxygen atoms in total. The Morgan fingerprint density at radius 3 is 2.69 bits per heavy atom. The largest absolute Gasteiger partial charge is 0.340 e. The highest BCUT2D eigenvalue weighted by molar-refractivity contribution is 7.17. The van der Waals surface area contributed by atoms with Gasteiger partial charge in [-0.1, -0.05) is 12.1 Å². The third-order valence-corrected chi connectivity index (χ3v) is 7.06. The van der Waals surface area contributed by atoms with E-state index in [0.29, 0.717) is 19.4 Å². The van der Waals surface area contributed by atoms with Crippen LogP contribution in [0.5, 0.6) is 0 Å². The van der Waals surface area contributed by atoms with Crippen LogP contribution in [0.4, 0.5) is 0 Å². The van der Waals surface area contributed by atoms with Crippen molar-refractivity contribution < 1.29 is 4.79 Å². The zero-order chi connectivity index (χ0) is 22.6. The van der Waals surface area contributed by atoms with Gasteiger partial charge < -0.3 is 4.90 Å². The van der Waals surface area contributed by atoms with E-state index in [4.69, 9.17) is 10.1 Å². The first-order valence-electron chi connectivity index (χ1n) is 10.7. The van der Waals surface area contributed by atoms with E-state index in [0.717, 1.165) is 49.9 Å². The maximum atomic E-state index is 13.0. The minimum atomic E-state index is 0.107. The number of nitrogens with zero attached hydrogens (tertiary/aromatic N) is 6. The summed E-state index contributed by atoms with van der Waals surface area (Å²) in [5.74, 6) is 0.107. The number of rotatable bonds is 5. The molecule has 0 atom stereocenters. The predicted molar refractivity (Wildman–Crippen MR) is 127 cm³/mol. The Morgan fingerprint density at radius 1 is 1.09 bits per heavy atom. The molecular weight excluding hydrogens is 420 g/mol. The quantitative estimate of drug-likeness (QED) is 0.401. The van der Waals surface area contributed by atoms with Crippen molar-refractivity contribution >= 4 is 38.8 Å². The molecule has 8 heteroatoms. The number of aryl methyl sites for hydroxylation is 4. The van der Waals surface area contributed by atoms with Crippen LogP contribution in [-0.2, 0) is 17.8 Å². The van der Waals surface area contributed by atoms with Crippen LogP contribution in [0, 0.1) is 27.7 Å². The lowest BCUT2D eigenvalue weighted by Crippen LogP contribution is -2.27. The monoisotopic (exact) mass is 446 g/mol. The summed E-state index contributed by atoms with van der Waals surface area (Å²) in [4.78, 5) is 26.4. The van der Waals surface area contributed by atoms with Crippen molar-refractivity contribution in [2.45, 2.75) is 47.1 Å². The average molecular weight is 447 g/mol. The van der Waals surface area contributed by atoms with Gasteiger partial charge in [0.15, 0.2) is 10.6 Å². The van der Waals surface area contributed by atoms with Gasteiger partial charge in [0.25, 0.3) is 0 Å². The number of hydrogen-bond donors (Lipinski definition) is 0. The number of imidazole rings is 1. The number of benzene rings is 1. The lowest BCUT2D eigenvalue weighted by atomic mass is 10.1. The molecule has 0 saturated carbocycles. The van der Waals surface area contributed by atoms with Crippen LogP contribution in [0.15, 0.2) is 30.5 Å². The molecular formula is C24H26N6OS. The summed E-state index contributed by atoms with van der Waals surface area (Å²) in [6.45, 7) is 8.70. The highest BCUT2D eigenvalue weighted by Crippen LogP contribution is 2.24. The van der Waals surface area contributed by atoms with E-state index in [1.807, 2.05) is 49.7 Å². The molecule has 32 heavy (non-hydrogen) atoms. The second-order valence-electron chi connectivity index (χ2n) is 8.40. The number of aromatic nitrogens is 5. The summed E-state index contributed by atoms with van der Waals surface area (Å²) < 4.78 is 4.01. The number of fused-ring (bicyclic) bond motifs is 4. The SMILES string of the molecule is Cc1cn2c(CN(C)C(=O)CCc3c(C)nc4c5ccccc5nn4c3C)c(C)nc2s1. The Labute approximate surface area is 190 Å². The lowest BCUT2D eigenvalue weighted by Gasteiger charge is -2.18. The molecule has 0 radical (unpaired) electrons. The van der Waals surface area contributed by atoms with Crippen molar-refractivity contribution in [1.82, 2.24) is 28.9 Å². The van der Waals surface area contributed by atoms with Crippen molar-refractivity contribution in [3.8, 4) is 0 Å². The van der Waals surface area contributed by atoms with Crippen LogP contribution in [-0.4, -0.2) is 41.8 Å². The molecule has 0 aliphatic heterocycles. The Bertz CT molecular complexity index is 1490. The van der Waals surface area contributed by atoms with Gasteiger partial charge in [0.05, 0.1) is 23.4 Å². The second-order valence-corrected chi connectivity index (χ2v) is 9.62. The zero-order valence-corrected chi connectivity index (χ0v) is 19.8. The molecule has 4 aromatic heterocycles. The van der Waals surface area contributed by atoms with Crippen LogP contribution in [0.1, 0.15) is 39.6 Å². The first-order valence-corrected chi connectivity index (χ1v) is 11.6. The summed E-state index contributed by atoms with van der Waals surface area (Å²) in [5.41, 5.74) is 6.93. The number of carbonyl (C=O) groups is 1. The van der Waals surface area contributed by atoms with E-state index < -0.39 is 0 Å². The van der Waals surface area contributed by atoms with Gasteiger partial charge >= 0.3 is 0 Å². The number of hydrogen-bond acceptors (Lipinski definition) is 5. The van der Waals surface area contributed by atoms with E-state index >= 15 is 0 Å². The smallest absolute Gasteiger partial charge is 0.222 e. The summed E-state index contributed by atoms with van der Waals surface area (Å²) >= 11 is 1.67. The molecule has 0 fully saturated rings. The third-order valence-electron chi connectivity index (χ3n) is 6.16. The summed E-state index contributed by atoms with van der Waals surface area (Å²) in [6, 6.07) is 8.04. The Kier molecular flexibility index (Phi) is 4.97. The molecule has 5 aromatic rings. The van der Waals surface area contributed by atoms with Crippen molar-refractivity contribution in [2.75, 3.05) is 7.05 Å². The van der Waals surface area contributed by atoms with Crippen LogP contribution in [0.25, 0.3) is 21.5 Å². The van der Waals surface area contributed by atoms with Crippen LogP contribution in [0.3, 0.4) is 0 Å². The molecule has 0 spiro atoms. The minimum Gasteiger partial charge on any atom is -0.340 e. The van der Waals surface area contributed by atoms with Gasteiger partial charge in [0.2, 0.25) is 5.91 Å². The van der Waals surface area contributed by atoms with Crippen LogP contribution in [0.2, 0.25) is 0 Å². The minimum absolute atomic E-state index is 0.107. The van der Waals surface area contributed by atoms with Gasteiger partial charge in [-0.15, -0.1) is 11.3 Å². The number of thiazole rings is 1. The molecule has 0 bridgehead atoms. The second kappa shape index (κ2) is 7.70. The van der Waals surface area contributed by atoms with E-state index in [9.17, 15) is 4.79 Å². The maximum absolute atomic E-state index is 13.0. The molecule has 4 heterocycles. The van der Waals surface area contributed by atoms with Crippen molar-refractivity contribution in [3.63, 3.8) is 0 Å². The number of amides is 1. The number of carbonyl (C=O) groups excluding carboxylic acids is 1. The van der Waals surface area contributed by atoms with Crippen molar-refractivity contribution in [1.29, 1.82) is 0 Å². The Morgan fingerprint density at radius 2 is 1.88 bits per heavy atom. The van der Waals surface area contributed by atoms with Gasteiger partial charge in [-0.25, -0.2) is 14.5 Å². The molecule has 1 amide bonds. The first-order chi connectivity index (χ1) is 15.3. The maximum Gasteiger partial charge on any atom is 0.222 e. The molecule has 0 aliphatic rings. The van der Waals surface area contributed by atoms with Gasteiger partial charge in [-0.2, -0.15) is 5.10 Å². The predicted octanol–water partition coefficient (Wildman–Crippen LogP) is 4.42. The van der Waals surface area contributed by atoms with Crippen molar-refractivity contribution in [2.24, 2.45) is 0 Å². The Balaban J connectivity index is 1.36. The molecule has 0 unspecified atom stereocenters. The fourth-order valence-corrected chi connectivity index (χ4v) is 5.26. The lowest BCUT2D eigenvalue weighted by molar-refractivity contribution is -0.130. The fourth-order valence-electron chi connectivity index (χ4n) is 4.37. The van der Waals surface area contributed by atoms with Gasteiger partial charge in [-0.05, 0) is 51.8 Å². The summed E-state index contributed by atoms with van der Waals surface area (Å²) in [5, 5.41) is 5.77. The summed E-state index contributed by atoms with van der Waals surface area (Å²) in [6.07, 6.45) is 3.16. The van der Waals surface area contributed by atoms with Gasteiger partial charge in [0, 0.05) is 41.3 Å². The van der Waals surface area contributed by atoms with E-state index in [2.05, 4.69) is 29.4 Å². The van der Waals surface area contributed by atoms with Gasteiger partial charge in [-0.3, -0.25) is 9.20 Å². The molecule has 164 valence electrons. The normalized spacial score (nSPS) is 11.8. The molecule has 0 aliphatic carbocycles. The molecule has 0 saturated heterocycles. The van der Waals surface area contributed by atoms with Crippen LogP contribution >= 0.6 is 11.3 Å². The summed E-state index contributed by atoms with van der Waals surface area (Å²) in [7, 11) is 1.86. The third kappa shape index (κ3) is 3.35. The Hall–Kier alpha value is -3.26. The van der Waals surface area contributed by atoms with Crippen molar-refractivity contribution in [3.05, 3.63) is 63.7 Å². The van der Waals surface area contributed by atoms with Gasteiger partial charge in [0.1, 0.15) is 0 Å². The van der Waals surface area contributed by atoms with E-state index in [1.165, 1.54) is 4.88 Å². The van der Waals surface area contributed by atoms with E-state index in [-0.39, 0.29) is 5.91 Å². The van der Waals surface area contributed by atoms with E-state index in [1.54, 1.807) is 16.2 Å². The average Bonchev–Trinajstić information content (AvgIpc) is 3.39. The highest BCUT2D eigenvalue weighted by Gasteiger charge is 2.18. The zero-order valence-electron chi connectivity index (χ0n) is 19.0. The van der Waals surface area contributed by atoms with Crippen LogP contribution < -0.4 is 0 Å². The first kappa shape index (κ1) is 20.6.